The molecule has 4 nitrogen and oxygen atoms in total. The van der Waals surface area contributed by atoms with Crippen molar-refractivity contribution in [3.8, 4) is 0 Å². The zero-order valence-corrected chi connectivity index (χ0v) is 8.00. The molecule has 0 amide bonds. The summed E-state index contributed by atoms with van der Waals surface area (Å²) in [7, 11) is 0. The third kappa shape index (κ3) is 2.60. The molecule has 0 aliphatic carbocycles. The standard InChI is InChI=1S/C9H18N4/c1-2-11-4-6-13-8-7-12(9-13)5-3-10-1/h7-8,10-11H,1-6,9H2. The summed E-state index contributed by atoms with van der Waals surface area (Å²) in [6, 6.07) is 0. The minimum atomic E-state index is 1.06. The van der Waals surface area contributed by atoms with Gasteiger partial charge in [0.25, 0.3) is 0 Å². The van der Waals surface area contributed by atoms with Gasteiger partial charge in [-0.25, -0.2) is 0 Å². The van der Waals surface area contributed by atoms with Crippen LogP contribution in [0.4, 0.5) is 0 Å². The molecule has 0 aromatic rings. The van der Waals surface area contributed by atoms with Crippen LogP contribution in [0, 0.1) is 0 Å². The smallest absolute Gasteiger partial charge is 0.0894 e. The molecular formula is C9H18N4. The van der Waals surface area contributed by atoms with E-state index in [1.54, 1.807) is 0 Å². The van der Waals surface area contributed by atoms with Gasteiger partial charge in [0, 0.05) is 51.7 Å². The molecule has 0 aromatic carbocycles. The minimum Gasteiger partial charge on any atom is -0.357 e. The van der Waals surface area contributed by atoms with Crippen molar-refractivity contribution in [2.24, 2.45) is 0 Å². The van der Waals surface area contributed by atoms with Crippen molar-refractivity contribution in [3.05, 3.63) is 12.4 Å². The van der Waals surface area contributed by atoms with Gasteiger partial charge in [-0.3, -0.25) is 0 Å². The lowest BCUT2D eigenvalue weighted by atomic mass is 10.5. The van der Waals surface area contributed by atoms with Crippen molar-refractivity contribution in [2.45, 2.75) is 0 Å². The highest BCUT2D eigenvalue weighted by molar-refractivity contribution is 4.91. The first kappa shape index (κ1) is 8.84. The third-order valence-electron chi connectivity index (χ3n) is 2.48. The van der Waals surface area contributed by atoms with Gasteiger partial charge in [0.05, 0.1) is 6.67 Å². The van der Waals surface area contributed by atoms with Gasteiger partial charge in [-0.2, -0.15) is 0 Å². The Morgan fingerprint density at radius 1 is 0.769 bits per heavy atom. The highest BCUT2D eigenvalue weighted by Gasteiger charge is 2.11. The van der Waals surface area contributed by atoms with Crippen molar-refractivity contribution in [1.29, 1.82) is 0 Å². The molecule has 2 aliphatic heterocycles. The Kier molecular flexibility index (Phi) is 3.05. The van der Waals surface area contributed by atoms with Gasteiger partial charge < -0.3 is 20.4 Å². The Balaban J connectivity index is 1.83. The lowest BCUT2D eigenvalue weighted by molar-refractivity contribution is 0.269. The fourth-order valence-electron chi connectivity index (χ4n) is 1.68. The topological polar surface area (TPSA) is 30.5 Å². The Bertz CT molecular complexity index is 162. The zero-order chi connectivity index (χ0) is 8.93. The molecule has 0 atom stereocenters. The molecule has 74 valence electrons. The van der Waals surface area contributed by atoms with E-state index < -0.39 is 0 Å². The molecule has 1 saturated heterocycles. The van der Waals surface area contributed by atoms with E-state index in [0.717, 1.165) is 45.9 Å². The first-order valence-corrected chi connectivity index (χ1v) is 5.03. The summed E-state index contributed by atoms with van der Waals surface area (Å²) < 4.78 is 0. The molecule has 2 N–H and O–H groups in total. The van der Waals surface area contributed by atoms with E-state index in [0.29, 0.717) is 0 Å². The average molecular weight is 182 g/mol. The van der Waals surface area contributed by atoms with Gasteiger partial charge in [-0.1, -0.05) is 0 Å². The van der Waals surface area contributed by atoms with Crippen molar-refractivity contribution in [2.75, 3.05) is 45.9 Å². The van der Waals surface area contributed by atoms with E-state index in [1.165, 1.54) is 0 Å². The normalized spacial score (nSPS) is 24.6. The summed E-state index contributed by atoms with van der Waals surface area (Å²) in [5.74, 6) is 0. The Morgan fingerprint density at radius 3 is 1.85 bits per heavy atom. The maximum absolute atomic E-state index is 3.41. The van der Waals surface area contributed by atoms with Crippen LogP contribution in [0.2, 0.25) is 0 Å². The third-order valence-corrected chi connectivity index (χ3v) is 2.48. The highest BCUT2D eigenvalue weighted by Crippen LogP contribution is 2.04. The second-order valence-corrected chi connectivity index (χ2v) is 3.56. The van der Waals surface area contributed by atoms with Gasteiger partial charge >= 0.3 is 0 Å². The predicted octanol–water partition coefficient (Wildman–Crippen LogP) is -0.774. The van der Waals surface area contributed by atoms with Gasteiger partial charge in [0.1, 0.15) is 0 Å². The Morgan fingerprint density at radius 2 is 1.31 bits per heavy atom. The largest absolute Gasteiger partial charge is 0.357 e. The molecule has 0 spiro atoms. The number of fused-ring (bicyclic) bond motifs is 2. The molecular weight excluding hydrogens is 164 g/mol. The predicted molar refractivity (Wildman–Crippen MR) is 53.2 cm³/mol. The summed E-state index contributed by atoms with van der Waals surface area (Å²) in [5, 5.41) is 6.82. The lowest BCUT2D eigenvalue weighted by Gasteiger charge is -2.20. The number of rotatable bonds is 0. The molecule has 2 heterocycles. The second kappa shape index (κ2) is 4.48. The molecule has 4 heteroatoms. The minimum absolute atomic E-state index is 1.06. The molecule has 2 aliphatic rings. The number of hydrogen-bond donors (Lipinski definition) is 2. The van der Waals surface area contributed by atoms with E-state index in [1.807, 2.05) is 0 Å². The SMILES string of the molecule is C1=CN2CCNCCNCCN1C2. The van der Waals surface area contributed by atoms with E-state index in [9.17, 15) is 0 Å². The van der Waals surface area contributed by atoms with Crippen LogP contribution >= 0.6 is 0 Å². The molecule has 13 heavy (non-hydrogen) atoms. The van der Waals surface area contributed by atoms with Crippen LogP contribution in [-0.2, 0) is 0 Å². The van der Waals surface area contributed by atoms with Crippen molar-refractivity contribution in [1.82, 2.24) is 20.4 Å². The molecule has 1 fully saturated rings. The molecule has 2 bridgehead atoms. The molecule has 0 unspecified atom stereocenters. The molecule has 0 aromatic heterocycles. The monoisotopic (exact) mass is 182 g/mol. The Labute approximate surface area is 79.6 Å². The summed E-state index contributed by atoms with van der Waals surface area (Å²) in [4.78, 5) is 4.69. The van der Waals surface area contributed by atoms with Crippen LogP contribution < -0.4 is 10.6 Å². The zero-order valence-electron chi connectivity index (χ0n) is 8.00. The van der Waals surface area contributed by atoms with E-state index >= 15 is 0 Å². The van der Waals surface area contributed by atoms with Crippen LogP contribution in [0.3, 0.4) is 0 Å². The van der Waals surface area contributed by atoms with Crippen LogP contribution in [-0.4, -0.2) is 55.7 Å². The summed E-state index contributed by atoms with van der Waals surface area (Å²) in [6.45, 7) is 7.62. The number of nitrogens with one attached hydrogen (secondary N) is 2. The maximum Gasteiger partial charge on any atom is 0.0894 e. The number of hydrogen-bond acceptors (Lipinski definition) is 4. The van der Waals surface area contributed by atoms with Gasteiger partial charge in [-0.15, -0.1) is 0 Å². The van der Waals surface area contributed by atoms with Gasteiger partial charge in [0.2, 0.25) is 0 Å². The van der Waals surface area contributed by atoms with Crippen LogP contribution in [0.25, 0.3) is 0 Å². The summed E-state index contributed by atoms with van der Waals surface area (Å²) in [6.07, 6.45) is 4.37. The van der Waals surface area contributed by atoms with E-state index in [-0.39, 0.29) is 0 Å². The summed E-state index contributed by atoms with van der Waals surface area (Å²) >= 11 is 0. The number of nitrogens with zero attached hydrogens (tertiary/aromatic N) is 2. The van der Waals surface area contributed by atoms with Gasteiger partial charge in [0.15, 0.2) is 0 Å². The van der Waals surface area contributed by atoms with Crippen molar-refractivity contribution in [3.63, 3.8) is 0 Å². The molecule has 0 radical (unpaired) electrons. The van der Waals surface area contributed by atoms with Gasteiger partial charge in [-0.05, 0) is 0 Å². The van der Waals surface area contributed by atoms with Crippen molar-refractivity contribution < 1.29 is 0 Å². The van der Waals surface area contributed by atoms with Crippen LogP contribution in [0.15, 0.2) is 12.4 Å². The first-order valence-electron chi connectivity index (χ1n) is 5.03. The lowest BCUT2D eigenvalue weighted by Crippen LogP contribution is -2.32. The molecule has 0 saturated carbocycles. The maximum atomic E-state index is 3.41. The second-order valence-electron chi connectivity index (χ2n) is 3.56. The molecule has 2 rings (SSSR count). The van der Waals surface area contributed by atoms with E-state index in [2.05, 4.69) is 32.8 Å². The fourth-order valence-corrected chi connectivity index (χ4v) is 1.68. The van der Waals surface area contributed by atoms with Crippen LogP contribution in [0.5, 0.6) is 0 Å². The quantitative estimate of drug-likeness (QED) is 0.515. The average Bonchev–Trinajstić information content (AvgIpc) is 2.52. The summed E-state index contributed by atoms with van der Waals surface area (Å²) in [5.41, 5.74) is 0. The van der Waals surface area contributed by atoms with Crippen LogP contribution in [0.1, 0.15) is 0 Å². The highest BCUT2D eigenvalue weighted by atomic mass is 15.3. The van der Waals surface area contributed by atoms with E-state index in [4.69, 9.17) is 0 Å². The first-order chi connectivity index (χ1) is 6.45. The Hall–Kier alpha value is -0.740. The fraction of sp³-hybridized carbons (Fsp3) is 0.778. The van der Waals surface area contributed by atoms with Crippen molar-refractivity contribution >= 4 is 0 Å².